The fourth-order valence-corrected chi connectivity index (χ4v) is 2.45. The summed E-state index contributed by atoms with van der Waals surface area (Å²) in [6, 6.07) is 5.17. The Labute approximate surface area is 117 Å². The zero-order valence-corrected chi connectivity index (χ0v) is 11.7. The van der Waals surface area contributed by atoms with Crippen LogP contribution in [0.4, 0.5) is 4.39 Å². The average molecular weight is 292 g/mol. The van der Waals surface area contributed by atoms with Crippen molar-refractivity contribution in [3.8, 4) is 0 Å². The van der Waals surface area contributed by atoms with Crippen molar-refractivity contribution in [2.24, 2.45) is 0 Å². The van der Waals surface area contributed by atoms with Gasteiger partial charge in [-0.1, -0.05) is 17.7 Å². The minimum atomic E-state index is -0.380. The Morgan fingerprint density at radius 2 is 2.28 bits per heavy atom. The van der Waals surface area contributed by atoms with Gasteiger partial charge in [-0.05, 0) is 24.6 Å². The van der Waals surface area contributed by atoms with E-state index in [1.54, 1.807) is 12.1 Å². The average Bonchev–Trinajstić information content (AvgIpc) is 2.36. The van der Waals surface area contributed by atoms with Gasteiger partial charge in [0.15, 0.2) is 0 Å². The van der Waals surface area contributed by atoms with Crippen LogP contribution < -0.4 is 0 Å². The molecule has 2 atom stereocenters. The second kappa shape index (κ2) is 6.20. The third-order valence-corrected chi connectivity index (χ3v) is 3.81. The number of nitrogens with zero attached hydrogens (tertiary/aromatic N) is 1. The molecule has 0 radical (unpaired) electrons. The lowest BCUT2D eigenvalue weighted by molar-refractivity contribution is -0.0510. The van der Waals surface area contributed by atoms with Crippen LogP contribution in [0.25, 0.3) is 0 Å². The molecule has 100 valence electrons. The molecule has 2 rings (SSSR count). The normalized spacial score (nSPS) is 25.3. The van der Waals surface area contributed by atoms with Gasteiger partial charge in [0.2, 0.25) is 0 Å². The van der Waals surface area contributed by atoms with Crippen LogP contribution in [0.5, 0.6) is 0 Å². The summed E-state index contributed by atoms with van der Waals surface area (Å²) in [5.41, 5.74) is 1.00. The van der Waals surface area contributed by atoms with Crippen molar-refractivity contribution < 1.29 is 9.13 Å². The van der Waals surface area contributed by atoms with Crippen molar-refractivity contribution >= 4 is 23.2 Å². The Morgan fingerprint density at radius 3 is 2.94 bits per heavy atom. The largest absolute Gasteiger partial charge is 0.374 e. The van der Waals surface area contributed by atoms with Crippen LogP contribution in [-0.4, -0.2) is 36.1 Å². The molecular weight excluding hydrogens is 276 g/mol. The molecule has 18 heavy (non-hydrogen) atoms. The van der Waals surface area contributed by atoms with E-state index >= 15 is 0 Å². The van der Waals surface area contributed by atoms with E-state index in [-0.39, 0.29) is 16.9 Å². The molecule has 0 spiro atoms. The van der Waals surface area contributed by atoms with Gasteiger partial charge in [0.05, 0.1) is 17.7 Å². The van der Waals surface area contributed by atoms with E-state index in [4.69, 9.17) is 27.9 Å². The highest BCUT2D eigenvalue weighted by Crippen LogP contribution is 2.20. The molecule has 0 aliphatic carbocycles. The topological polar surface area (TPSA) is 12.5 Å². The summed E-state index contributed by atoms with van der Waals surface area (Å²) >= 11 is 11.6. The highest BCUT2D eigenvalue weighted by molar-refractivity contribution is 6.30. The van der Waals surface area contributed by atoms with Crippen LogP contribution in [0.3, 0.4) is 0 Å². The van der Waals surface area contributed by atoms with Gasteiger partial charge < -0.3 is 4.74 Å². The first kappa shape index (κ1) is 14.1. The lowest BCUT2D eigenvalue weighted by Crippen LogP contribution is -2.48. The predicted octanol–water partition coefficient (Wildman–Crippen LogP) is 3.31. The lowest BCUT2D eigenvalue weighted by Gasteiger charge is -2.37. The van der Waals surface area contributed by atoms with Gasteiger partial charge >= 0.3 is 0 Å². The summed E-state index contributed by atoms with van der Waals surface area (Å²) in [4.78, 5) is 2.28. The Bertz CT molecular complexity index is 416. The molecule has 1 aliphatic heterocycles. The molecule has 0 bridgehead atoms. The van der Waals surface area contributed by atoms with Crippen molar-refractivity contribution in [3.05, 3.63) is 34.6 Å². The SMILES string of the molecule is CC1COC(CCl)CN1Cc1ccc(F)c(Cl)c1. The summed E-state index contributed by atoms with van der Waals surface area (Å²) < 4.78 is 18.7. The van der Waals surface area contributed by atoms with E-state index in [2.05, 4.69) is 11.8 Å². The lowest BCUT2D eigenvalue weighted by atomic mass is 10.1. The van der Waals surface area contributed by atoms with Gasteiger partial charge in [0, 0.05) is 25.0 Å². The monoisotopic (exact) mass is 291 g/mol. The first-order valence-electron chi connectivity index (χ1n) is 5.95. The molecule has 1 aromatic rings. The maximum atomic E-state index is 13.1. The van der Waals surface area contributed by atoms with E-state index in [0.29, 0.717) is 18.5 Å². The number of morpholine rings is 1. The third kappa shape index (κ3) is 3.35. The van der Waals surface area contributed by atoms with Gasteiger partial charge in [0.1, 0.15) is 5.82 Å². The van der Waals surface area contributed by atoms with Crippen molar-refractivity contribution in [2.75, 3.05) is 19.0 Å². The van der Waals surface area contributed by atoms with Crippen LogP contribution in [0.2, 0.25) is 5.02 Å². The number of hydrogen-bond donors (Lipinski definition) is 0. The molecule has 0 N–H and O–H groups in total. The minimum Gasteiger partial charge on any atom is -0.374 e. The van der Waals surface area contributed by atoms with Gasteiger partial charge in [-0.15, -0.1) is 11.6 Å². The maximum Gasteiger partial charge on any atom is 0.141 e. The number of ether oxygens (including phenoxy) is 1. The van der Waals surface area contributed by atoms with Gasteiger partial charge in [-0.25, -0.2) is 4.39 Å². The molecule has 2 unspecified atom stereocenters. The van der Waals surface area contributed by atoms with Gasteiger partial charge in [0.25, 0.3) is 0 Å². The Kier molecular flexibility index (Phi) is 4.84. The number of rotatable bonds is 3. The third-order valence-electron chi connectivity index (χ3n) is 3.18. The van der Waals surface area contributed by atoms with E-state index in [1.165, 1.54) is 6.07 Å². The predicted molar refractivity (Wildman–Crippen MR) is 71.7 cm³/mol. The minimum absolute atomic E-state index is 0.0683. The second-order valence-corrected chi connectivity index (χ2v) is 5.35. The maximum absolute atomic E-state index is 13.1. The number of alkyl halides is 1. The molecule has 1 heterocycles. The van der Waals surface area contributed by atoms with Crippen LogP contribution in [-0.2, 0) is 11.3 Å². The molecule has 0 aromatic heterocycles. The quantitative estimate of drug-likeness (QED) is 0.793. The highest BCUT2D eigenvalue weighted by atomic mass is 35.5. The van der Waals surface area contributed by atoms with E-state index in [9.17, 15) is 4.39 Å². The first-order chi connectivity index (χ1) is 8.60. The summed E-state index contributed by atoms with van der Waals surface area (Å²) in [7, 11) is 0. The molecule has 5 heteroatoms. The second-order valence-electron chi connectivity index (χ2n) is 4.64. The molecule has 0 amide bonds. The smallest absolute Gasteiger partial charge is 0.141 e. The van der Waals surface area contributed by atoms with Crippen LogP contribution in [0, 0.1) is 5.82 Å². The molecule has 1 saturated heterocycles. The van der Waals surface area contributed by atoms with Crippen LogP contribution in [0.15, 0.2) is 18.2 Å². The standard InChI is InChI=1S/C13H16Cl2FNO/c1-9-8-18-11(5-14)7-17(9)6-10-2-3-13(16)12(15)4-10/h2-4,9,11H,5-8H2,1H3. The van der Waals surface area contributed by atoms with E-state index in [0.717, 1.165) is 18.7 Å². The van der Waals surface area contributed by atoms with Gasteiger partial charge in [-0.3, -0.25) is 4.90 Å². The molecule has 0 saturated carbocycles. The Balaban J connectivity index is 2.04. The number of hydrogen-bond acceptors (Lipinski definition) is 2. The molecular formula is C13H16Cl2FNO. The Hall–Kier alpha value is -0.350. The van der Waals surface area contributed by atoms with Crippen LogP contribution >= 0.6 is 23.2 Å². The summed E-state index contributed by atoms with van der Waals surface area (Å²) in [6.07, 6.45) is 0.0683. The molecule has 1 fully saturated rings. The Morgan fingerprint density at radius 1 is 1.50 bits per heavy atom. The molecule has 2 nitrogen and oxygen atoms in total. The molecule has 1 aliphatic rings. The van der Waals surface area contributed by atoms with Crippen molar-refractivity contribution in [2.45, 2.75) is 25.6 Å². The number of benzene rings is 1. The zero-order chi connectivity index (χ0) is 13.1. The summed E-state index contributed by atoms with van der Waals surface area (Å²) in [5, 5.41) is 0.169. The van der Waals surface area contributed by atoms with Crippen molar-refractivity contribution in [1.29, 1.82) is 0 Å². The number of halogens is 3. The van der Waals surface area contributed by atoms with Crippen LogP contribution in [0.1, 0.15) is 12.5 Å². The molecule has 1 aromatic carbocycles. The first-order valence-corrected chi connectivity index (χ1v) is 6.87. The summed E-state index contributed by atoms with van der Waals surface area (Å²) in [6.45, 7) is 4.31. The van der Waals surface area contributed by atoms with E-state index < -0.39 is 0 Å². The van der Waals surface area contributed by atoms with Crippen molar-refractivity contribution in [1.82, 2.24) is 4.90 Å². The fourth-order valence-electron chi connectivity index (χ4n) is 2.06. The highest BCUT2D eigenvalue weighted by Gasteiger charge is 2.25. The summed E-state index contributed by atoms with van der Waals surface area (Å²) in [5.74, 6) is 0.113. The van der Waals surface area contributed by atoms with Gasteiger partial charge in [-0.2, -0.15) is 0 Å². The fraction of sp³-hybridized carbons (Fsp3) is 0.538. The zero-order valence-electron chi connectivity index (χ0n) is 10.2. The van der Waals surface area contributed by atoms with Crippen molar-refractivity contribution in [3.63, 3.8) is 0 Å². The van der Waals surface area contributed by atoms with E-state index in [1.807, 2.05) is 0 Å².